The van der Waals surface area contributed by atoms with E-state index in [0.717, 1.165) is 17.9 Å². The van der Waals surface area contributed by atoms with Crippen molar-refractivity contribution in [2.24, 2.45) is 35.4 Å². The Balaban J connectivity index is 1.66. The Labute approximate surface area is 121 Å². The van der Waals surface area contributed by atoms with E-state index in [2.05, 4.69) is 5.43 Å². The Bertz CT molecular complexity index is 541. The van der Waals surface area contributed by atoms with E-state index >= 15 is 0 Å². The van der Waals surface area contributed by atoms with E-state index in [-0.39, 0.29) is 12.0 Å². The zero-order valence-electron chi connectivity index (χ0n) is 11.6. The molecule has 3 aliphatic rings. The Morgan fingerprint density at radius 3 is 2.29 bits per heavy atom. The molecule has 114 valence electrons. The van der Waals surface area contributed by atoms with Crippen LogP contribution >= 0.6 is 0 Å². The molecule has 0 saturated heterocycles. The first-order chi connectivity index (χ1) is 10.0. The first kappa shape index (κ1) is 13.6. The number of benzene rings is 1. The SMILES string of the molecule is NNC(c1ccccc1C(F)(F)F)C1C2C3CCC(C3)C21. The van der Waals surface area contributed by atoms with Gasteiger partial charge < -0.3 is 0 Å². The lowest BCUT2D eigenvalue weighted by Crippen LogP contribution is -2.33. The van der Waals surface area contributed by atoms with Crippen LogP contribution in [0.15, 0.2) is 24.3 Å². The van der Waals surface area contributed by atoms with Crippen molar-refractivity contribution in [1.82, 2.24) is 5.43 Å². The fourth-order valence-electron chi connectivity index (χ4n) is 5.27. The molecular weight excluding hydrogens is 277 g/mol. The van der Waals surface area contributed by atoms with Crippen molar-refractivity contribution < 1.29 is 13.2 Å². The van der Waals surface area contributed by atoms with E-state index in [9.17, 15) is 13.2 Å². The van der Waals surface area contributed by atoms with Crippen LogP contribution in [0.2, 0.25) is 0 Å². The van der Waals surface area contributed by atoms with Crippen molar-refractivity contribution in [3.05, 3.63) is 35.4 Å². The highest BCUT2D eigenvalue weighted by molar-refractivity contribution is 5.35. The maximum absolute atomic E-state index is 13.2. The van der Waals surface area contributed by atoms with Crippen LogP contribution in [0.25, 0.3) is 0 Å². The summed E-state index contributed by atoms with van der Waals surface area (Å²) < 4.78 is 39.6. The maximum atomic E-state index is 13.2. The molecule has 2 nitrogen and oxygen atoms in total. The summed E-state index contributed by atoms with van der Waals surface area (Å²) in [7, 11) is 0. The van der Waals surface area contributed by atoms with Crippen molar-refractivity contribution in [1.29, 1.82) is 0 Å². The molecule has 1 aromatic rings. The molecule has 21 heavy (non-hydrogen) atoms. The first-order valence-corrected chi connectivity index (χ1v) is 7.64. The van der Waals surface area contributed by atoms with Gasteiger partial charge in [-0.1, -0.05) is 18.2 Å². The van der Waals surface area contributed by atoms with Crippen molar-refractivity contribution in [2.45, 2.75) is 31.5 Å². The quantitative estimate of drug-likeness (QED) is 0.662. The predicted octanol–water partition coefficient (Wildman–Crippen LogP) is 3.50. The van der Waals surface area contributed by atoms with Gasteiger partial charge in [0.2, 0.25) is 0 Å². The van der Waals surface area contributed by atoms with Crippen LogP contribution in [0.5, 0.6) is 0 Å². The molecule has 3 fully saturated rings. The number of halogens is 3. The number of rotatable bonds is 3. The van der Waals surface area contributed by atoms with Crippen molar-refractivity contribution in [3.8, 4) is 0 Å². The summed E-state index contributed by atoms with van der Waals surface area (Å²) in [6.07, 6.45) is -0.542. The number of hydrogen-bond donors (Lipinski definition) is 2. The minimum atomic E-state index is -4.32. The van der Waals surface area contributed by atoms with Crippen molar-refractivity contribution >= 4 is 0 Å². The van der Waals surface area contributed by atoms with E-state index in [4.69, 9.17) is 5.84 Å². The van der Waals surface area contributed by atoms with Crippen LogP contribution in [0, 0.1) is 29.6 Å². The highest BCUT2D eigenvalue weighted by atomic mass is 19.4. The number of hydrazine groups is 1. The average molecular weight is 296 g/mol. The summed E-state index contributed by atoms with van der Waals surface area (Å²) >= 11 is 0. The van der Waals surface area contributed by atoms with Crippen LogP contribution in [0.4, 0.5) is 13.2 Å². The van der Waals surface area contributed by atoms with Gasteiger partial charge in [0, 0.05) is 6.04 Å². The summed E-state index contributed by atoms with van der Waals surface area (Å²) in [6.45, 7) is 0. The molecule has 0 aliphatic heterocycles. The smallest absolute Gasteiger partial charge is 0.271 e. The monoisotopic (exact) mass is 296 g/mol. The topological polar surface area (TPSA) is 38.0 Å². The number of nitrogens with one attached hydrogen (secondary N) is 1. The summed E-state index contributed by atoms with van der Waals surface area (Å²) in [6, 6.07) is 5.47. The number of fused-ring (bicyclic) bond motifs is 5. The van der Waals surface area contributed by atoms with Crippen LogP contribution in [0.3, 0.4) is 0 Å². The van der Waals surface area contributed by atoms with Gasteiger partial charge in [-0.05, 0) is 60.5 Å². The molecule has 5 heteroatoms. The predicted molar refractivity (Wildman–Crippen MR) is 72.8 cm³/mol. The Kier molecular flexibility index (Phi) is 2.89. The van der Waals surface area contributed by atoms with Gasteiger partial charge in [0.25, 0.3) is 0 Å². The molecular formula is C16H19F3N2. The molecule has 0 aromatic heterocycles. The molecule has 5 unspecified atom stereocenters. The third-order valence-corrected chi connectivity index (χ3v) is 5.96. The largest absolute Gasteiger partial charge is 0.416 e. The molecule has 4 rings (SSSR count). The fraction of sp³-hybridized carbons (Fsp3) is 0.625. The second kappa shape index (κ2) is 4.46. The Morgan fingerprint density at radius 1 is 1.10 bits per heavy atom. The van der Waals surface area contributed by atoms with Crippen molar-refractivity contribution in [2.75, 3.05) is 0 Å². The zero-order chi connectivity index (χ0) is 14.8. The molecule has 0 radical (unpaired) electrons. The van der Waals surface area contributed by atoms with Crippen LogP contribution in [-0.4, -0.2) is 0 Å². The molecule has 3 saturated carbocycles. The van der Waals surface area contributed by atoms with Gasteiger partial charge in [0.1, 0.15) is 0 Å². The van der Waals surface area contributed by atoms with E-state index in [0.29, 0.717) is 17.4 Å². The minimum Gasteiger partial charge on any atom is -0.271 e. The van der Waals surface area contributed by atoms with Crippen LogP contribution in [-0.2, 0) is 6.18 Å². The standard InChI is InChI=1S/C16H19F3N2/c17-16(18,19)11-4-2-1-3-10(11)15(21-20)14-12-8-5-6-9(7-8)13(12)14/h1-4,8-9,12-15,21H,5-7,20H2. The second-order valence-electron chi connectivity index (χ2n) is 6.79. The number of alkyl halides is 3. The number of hydrogen-bond acceptors (Lipinski definition) is 2. The third kappa shape index (κ3) is 1.94. The van der Waals surface area contributed by atoms with Gasteiger partial charge in [-0.3, -0.25) is 11.3 Å². The maximum Gasteiger partial charge on any atom is 0.416 e. The molecule has 0 heterocycles. The molecule has 3 N–H and O–H groups in total. The van der Waals surface area contributed by atoms with Crippen molar-refractivity contribution in [3.63, 3.8) is 0 Å². The highest BCUT2D eigenvalue weighted by Crippen LogP contribution is 2.72. The van der Waals surface area contributed by atoms with Gasteiger partial charge in [-0.15, -0.1) is 0 Å². The van der Waals surface area contributed by atoms with E-state index in [1.54, 1.807) is 12.1 Å². The van der Waals surface area contributed by atoms with Gasteiger partial charge >= 0.3 is 6.18 Å². The van der Waals surface area contributed by atoms with Gasteiger partial charge in [-0.2, -0.15) is 13.2 Å². The normalized spacial score (nSPS) is 38.4. The minimum absolute atomic E-state index is 0.282. The summed E-state index contributed by atoms with van der Waals surface area (Å²) in [4.78, 5) is 0. The lowest BCUT2D eigenvalue weighted by atomic mass is 9.90. The summed E-state index contributed by atoms with van der Waals surface area (Å²) in [5, 5.41) is 0. The van der Waals surface area contributed by atoms with Crippen LogP contribution in [0.1, 0.15) is 36.4 Å². The lowest BCUT2D eigenvalue weighted by molar-refractivity contribution is -0.138. The molecule has 0 spiro atoms. The molecule has 2 bridgehead atoms. The Morgan fingerprint density at radius 2 is 1.71 bits per heavy atom. The summed E-state index contributed by atoms with van der Waals surface area (Å²) in [5.74, 6) is 8.56. The second-order valence-corrected chi connectivity index (χ2v) is 6.79. The highest BCUT2D eigenvalue weighted by Gasteiger charge is 2.67. The van der Waals surface area contributed by atoms with E-state index in [1.807, 2.05) is 0 Å². The van der Waals surface area contributed by atoms with Gasteiger partial charge in [-0.25, -0.2) is 0 Å². The van der Waals surface area contributed by atoms with E-state index in [1.165, 1.54) is 25.3 Å². The molecule has 5 atom stereocenters. The van der Waals surface area contributed by atoms with Gasteiger partial charge in [0.15, 0.2) is 0 Å². The zero-order valence-corrected chi connectivity index (χ0v) is 11.6. The molecule has 1 aromatic carbocycles. The average Bonchev–Trinajstić information content (AvgIpc) is 2.87. The van der Waals surface area contributed by atoms with E-state index < -0.39 is 11.7 Å². The fourth-order valence-corrected chi connectivity index (χ4v) is 5.27. The summed E-state index contributed by atoms with van der Waals surface area (Å²) in [5.41, 5.74) is 2.45. The Hall–Kier alpha value is -1.07. The third-order valence-electron chi connectivity index (χ3n) is 5.96. The first-order valence-electron chi connectivity index (χ1n) is 7.64. The number of nitrogens with two attached hydrogens (primary N) is 1. The van der Waals surface area contributed by atoms with Crippen LogP contribution < -0.4 is 11.3 Å². The lowest BCUT2D eigenvalue weighted by Gasteiger charge is -2.23. The molecule has 0 amide bonds. The van der Waals surface area contributed by atoms with Gasteiger partial charge in [0.05, 0.1) is 5.56 Å². The molecule has 3 aliphatic carbocycles.